The van der Waals surface area contributed by atoms with Gasteiger partial charge in [0.2, 0.25) is 0 Å². The van der Waals surface area contributed by atoms with Crippen molar-refractivity contribution in [1.29, 1.82) is 0 Å². The van der Waals surface area contributed by atoms with E-state index in [-0.39, 0.29) is 11.9 Å². The highest BCUT2D eigenvalue weighted by atomic mass is 16.5. The van der Waals surface area contributed by atoms with Crippen molar-refractivity contribution >= 4 is 5.97 Å². The van der Waals surface area contributed by atoms with E-state index < -0.39 is 0 Å². The SMILES string of the molecule is CCOC(=O)[C@@H]1CCCN(Cc2cc(C)nn2C)C1. The molecule has 106 valence electrons. The summed E-state index contributed by atoms with van der Waals surface area (Å²) in [5.74, 6) is -0.0172. The summed E-state index contributed by atoms with van der Waals surface area (Å²) in [6, 6.07) is 2.11. The lowest BCUT2D eigenvalue weighted by molar-refractivity contribution is -0.150. The predicted octanol–water partition coefficient (Wildman–Crippen LogP) is 1.50. The van der Waals surface area contributed by atoms with Crippen molar-refractivity contribution < 1.29 is 9.53 Å². The number of likely N-dealkylation sites (tertiary alicyclic amines) is 1. The molecule has 0 amide bonds. The zero-order chi connectivity index (χ0) is 13.8. The molecule has 0 aromatic carbocycles. The topological polar surface area (TPSA) is 47.4 Å². The van der Waals surface area contributed by atoms with Crippen LogP contribution in [-0.4, -0.2) is 40.3 Å². The summed E-state index contributed by atoms with van der Waals surface area (Å²) in [6.07, 6.45) is 2.00. The van der Waals surface area contributed by atoms with Gasteiger partial charge in [-0.25, -0.2) is 0 Å². The maximum atomic E-state index is 11.8. The Kier molecular flexibility index (Phi) is 4.58. The minimum Gasteiger partial charge on any atom is -0.466 e. The molecule has 0 unspecified atom stereocenters. The van der Waals surface area contributed by atoms with Gasteiger partial charge in [0.05, 0.1) is 23.9 Å². The van der Waals surface area contributed by atoms with Crippen LogP contribution in [0.2, 0.25) is 0 Å². The minimum atomic E-state index is -0.0478. The zero-order valence-corrected chi connectivity index (χ0v) is 12.1. The standard InChI is InChI=1S/C14H23N3O2/c1-4-19-14(18)12-6-5-7-17(9-12)10-13-8-11(2)15-16(13)3/h8,12H,4-7,9-10H2,1-3H3/t12-/m1/s1. The molecule has 1 aromatic rings. The van der Waals surface area contributed by atoms with Gasteiger partial charge in [0, 0.05) is 20.1 Å². The second-order valence-corrected chi connectivity index (χ2v) is 5.23. The Balaban J connectivity index is 1.94. The van der Waals surface area contributed by atoms with E-state index in [1.165, 1.54) is 5.69 Å². The van der Waals surface area contributed by atoms with Gasteiger partial charge < -0.3 is 4.74 Å². The van der Waals surface area contributed by atoms with Crippen LogP contribution in [0.15, 0.2) is 6.07 Å². The molecular weight excluding hydrogens is 242 g/mol. The average Bonchev–Trinajstić information content (AvgIpc) is 2.68. The second-order valence-electron chi connectivity index (χ2n) is 5.23. The average molecular weight is 265 g/mol. The van der Waals surface area contributed by atoms with E-state index in [2.05, 4.69) is 16.1 Å². The first-order chi connectivity index (χ1) is 9.10. The van der Waals surface area contributed by atoms with Crippen LogP contribution in [0.1, 0.15) is 31.2 Å². The lowest BCUT2D eigenvalue weighted by Gasteiger charge is -2.31. The Morgan fingerprint density at radius 1 is 1.58 bits per heavy atom. The minimum absolute atomic E-state index is 0.0306. The van der Waals surface area contributed by atoms with Crippen LogP contribution >= 0.6 is 0 Å². The molecule has 0 aliphatic carbocycles. The van der Waals surface area contributed by atoms with E-state index in [0.29, 0.717) is 6.61 Å². The molecular formula is C14H23N3O2. The van der Waals surface area contributed by atoms with Crippen LogP contribution in [0.4, 0.5) is 0 Å². The summed E-state index contributed by atoms with van der Waals surface area (Å²) in [6.45, 7) is 7.02. The molecule has 1 saturated heterocycles. The Hall–Kier alpha value is -1.36. The number of rotatable bonds is 4. The van der Waals surface area contributed by atoms with Crippen LogP contribution < -0.4 is 0 Å². The Labute approximate surface area is 114 Å². The van der Waals surface area contributed by atoms with E-state index in [1.807, 2.05) is 25.6 Å². The first-order valence-corrected chi connectivity index (χ1v) is 6.98. The molecule has 0 bridgehead atoms. The summed E-state index contributed by atoms with van der Waals surface area (Å²) in [4.78, 5) is 14.1. The van der Waals surface area contributed by atoms with Gasteiger partial charge in [0.1, 0.15) is 0 Å². The van der Waals surface area contributed by atoms with E-state index in [9.17, 15) is 4.79 Å². The molecule has 5 nitrogen and oxygen atoms in total. The van der Waals surface area contributed by atoms with E-state index in [0.717, 1.165) is 38.2 Å². The summed E-state index contributed by atoms with van der Waals surface area (Å²) >= 11 is 0. The van der Waals surface area contributed by atoms with E-state index >= 15 is 0 Å². The van der Waals surface area contributed by atoms with Crippen molar-refractivity contribution in [3.63, 3.8) is 0 Å². The molecule has 1 aliphatic heterocycles. The first kappa shape index (κ1) is 14.1. The molecule has 2 rings (SSSR count). The van der Waals surface area contributed by atoms with Gasteiger partial charge in [-0.1, -0.05) is 0 Å². The lowest BCUT2D eigenvalue weighted by Crippen LogP contribution is -2.39. The quantitative estimate of drug-likeness (QED) is 0.774. The van der Waals surface area contributed by atoms with Gasteiger partial charge in [-0.05, 0) is 39.3 Å². The number of esters is 1. The molecule has 0 saturated carbocycles. The van der Waals surface area contributed by atoms with Gasteiger partial charge in [-0.15, -0.1) is 0 Å². The monoisotopic (exact) mass is 265 g/mol. The molecule has 2 heterocycles. The van der Waals surface area contributed by atoms with Crippen molar-refractivity contribution in [2.75, 3.05) is 19.7 Å². The van der Waals surface area contributed by atoms with Crippen LogP contribution in [0.3, 0.4) is 0 Å². The maximum absolute atomic E-state index is 11.8. The first-order valence-electron chi connectivity index (χ1n) is 6.98. The molecule has 0 N–H and O–H groups in total. The van der Waals surface area contributed by atoms with E-state index in [1.54, 1.807) is 0 Å². The Morgan fingerprint density at radius 2 is 2.37 bits per heavy atom. The van der Waals surface area contributed by atoms with E-state index in [4.69, 9.17) is 4.74 Å². The summed E-state index contributed by atoms with van der Waals surface area (Å²) < 4.78 is 7.04. The fourth-order valence-corrected chi connectivity index (χ4v) is 2.69. The van der Waals surface area contributed by atoms with Gasteiger partial charge in [0.15, 0.2) is 0 Å². The molecule has 1 aromatic heterocycles. The second kappa shape index (κ2) is 6.19. The van der Waals surface area contributed by atoms with Gasteiger partial charge in [-0.2, -0.15) is 5.10 Å². The molecule has 1 fully saturated rings. The number of hydrogen-bond acceptors (Lipinski definition) is 4. The fourth-order valence-electron chi connectivity index (χ4n) is 2.69. The maximum Gasteiger partial charge on any atom is 0.310 e. The molecule has 1 aliphatic rings. The Bertz CT molecular complexity index is 442. The van der Waals surface area contributed by atoms with Gasteiger partial charge >= 0.3 is 5.97 Å². The highest BCUT2D eigenvalue weighted by molar-refractivity contribution is 5.72. The third-order valence-electron chi connectivity index (χ3n) is 3.61. The number of ether oxygens (including phenoxy) is 1. The molecule has 0 spiro atoms. The number of hydrogen-bond donors (Lipinski definition) is 0. The van der Waals surface area contributed by atoms with Crippen molar-refractivity contribution in [3.05, 3.63) is 17.5 Å². The van der Waals surface area contributed by atoms with Crippen molar-refractivity contribution in [1.82, 2.24) is 14.7 Å². The highest BCUT2D eigenvalue weighted by Gasteiger charge is 2.27. The molecule has 0 radical (unpaired) electrons. The fraction of sp³-hybridized carbons (Fsp3) is 0.714. The van der Waals surface area contributed by atoms with Crippen molar-refractivity contribution in [2.45, 2.75) is 33.2 Å². The number of nitrogens with zero attached hydrogens (tertiary/aromatic N) is 3. The Morgan fingerprint density at radius 3 is 3.00 bits per heavy atom. The molecule has 1 atom stereocenters. The molecule has 19 heavy (non-hydrogen) atoms. The lowest BCUT2D eigenvalue weighted by atomic mass is 9.98. The number of carbonyl (C=O) groups excluding carboxylic acids is 1. The summed E-state index contributed by atoms with van der Waals surface area (Å²) in [5, 5.41) is 4.36. The van der Waals surface area contributed by atoms with Crippen LogP contribution in [0.25, 0.3) is 0 Å². The summed E-state index contributed by atoms with van der Waals surface area (Å²) in [5.41, 5.74) is 2.23. The predicted molar refractivity (Wildman–Crippen MR) is 72.6 cm³/mol. The zero-order valence-electron chi connectivity index (χ0n) is 12.1. The number of aromatic nitrogens is 2. The number of carbonyl (C=O) groups is 1. The highest BCUT2D eigenvalue weighted by Crippen LogP contribution is 2.20. The smallest absolute Gasteiger partial charge is 0.310 e. The van der Waals surface area contributed by atoms with Gasteiger partial charge in [0.25, 0.3) is 0 Å². The third-order valence-corrected chi connectivity index (χ3v) is 3.61. The summed E-state index contributed by atoms with van der Waals surface area (Å²) in [7, 11) is 1.97. The number of aryl methyl sites for hydroxylation is 2. The van der Waals surface area contributed by atoms with Crippen LogP contribution in [-0.2, 0) is 23.1 Å². The number of piperidine rings is 1. The largest absolute Gasteiger partial charge is 0.466 e. The van der Waals surface area contributed by atoms with Crippen LogP contribution in [0, 0.1) is 12.8 Å². The molecule has 5 heteroatoms. The third kappa shape index (κ3) is 3.56. The van der Waals surface area contributed by atoms with Crippen molar-refractivity contribution in [3.8, 4) is 0 Å². The van der Waals surface area contributed by atoms with Gasteiger partial charge in [-0.3, -0.25) is 14.4 Å². The normalized spacial score (nSPS) is 20.5. The van der Waals surface area contributed by atoms with Crippen molar-refractivity contribution in [2.24, 2.45) is 13.0 Å². The van der Waals surface area contributed by atoms with Crippen LogP contribution in [0.5, 0.6) is 0 Å².